The van der Waals surface area contributed by atoms with Crippen LogP contribution in [0, 0.1) is 13.8 Å². The monoisotopic (exact) mass is 431 g/mol. The highest BCUT2D eigenvalue weighted by Gasteiger charge is 2.17. The summed E-state index contributed by atoms with van der Waals surface area (Å²) in [5, 5.41) is 2.79. The molecule has 7 nitrogen and oxygen atoms in total. The van der Waals surface area contributed by atoms with Crippen LogP contribution in [0.3, 0.4) is 0 Å². The molecule has 1 unspecified atom stereocenters. The van der Waals surface area contributed by atoms with Gasteiger partial charge >= 0.3 is 0 Å². The van der Waals surface area contributed by atoms with Gasteiger partial charge in [-0.3, -0.25) is 25.2 Å². The molecule has 0 fully saturated rings. The van der Waals surface area contributed by atoms with Gasteiger partial charge in [0.2, 0.25) is 0 Å². The number of hydrazine groups is 1. The van der Waals surface area contributed by atoms with Crippen LogP contribution in [0.2, 0.25) is 0 Å². The number of para-hydroxylation sites is 1. The van der Waals surface area contributed by atoms with Gasteiger partial charge in [-0.25, -0.2) is 0 Å². The average molecular weight is 431 g/mol. The summed E-state index contributed by atoms with van der Waals surface area (Å²) < 4.78 is 5.64. The van der Waals surface area contributed by atoms with Gasteiger partial charge in [-0.05, 0) is 68.8 Å². The first kappa shape index (κ1) is 22.6. The zero-order chi connectivity index (χ0) is 23.1. The fraction of sp³-hybridized carbons (Fsp3) is 0.160. The van der Waals surface area contributed by atoms with Crippen LogP contribution in [0.4, 0.5) is 5.69 Å². The van der Waals surface area contributed by atoms with E-state index in [1.54, 1.807) is 49.4 Å². The molecular weight excluding hydrogens is 406 g/mol. The van der Waals surface area contributed by atoms with Gasteiger partial charge in [-0.1, -0.05) is 35.9 Å². The topological polar surface area (TPSA) is 96.5 Å². The van der Waals surface area contributed by atoms with Gasteiger partial charge in [0.25, 0.3) is 17.7 Å². The fourth-order valence-corrected chi connectivity index (χ4v) is 2.92. The Balaban J connectivity index is 1.51. The first-order valence-corrected chi connectivity index (χ1v) is 10.1. The van der Waals surface area contributed by atoms with Crippen LogP contribution in [-0.2, 0) is 4.79 Å². The van der Waals surface area contributed by atoms with Crippen molar-refractivity contribution in [2.75, 3.05) is 5.32 Å². The van der Waals surface area contributed by atoms with E-state index >= 15 is 0 Å². The lowest BCUT2D eigenvalue weighted by atomic mass is 10.1. The minimum Gasteiger partial charge on any atom is -0.481 e. The summed E-state index contributed by atoms with van der Waals surface area (Å²) >= 11 is 0. The maximum Gasteiger partial charge on any atom is 0.279 e. The first-order chi connectivity index (χ1) is 15.3. The second-order valence-corrected chi connectivity index (χ2v) is 7.37. The normalized spacial score (nSPS) is 11.2. The van der Waals surface area contributed by atoms with Crippen molar-refractivity contribution >= 4 is 23.4 Å². The molecule has 0 aromatic heterocycles. The molecule has 0 aliphatic carbocycles. The molecule has 3 amide bonds. The van der Waals surface area contributed by atoms with E-state index in [2.05, 4.69) is 16.2 Å². The van der Waals surface area contributed by atoms with E-state index in [0.717, 1.165) is 11.1 Å². The predicted octanol–water partition coefficient (Wildman–Crippen LogP) is 3.78. The number of ether oxygens (including phenoxy) is 1. The average Bonchev–Trinajstić information content (AvgIpc) is 2.79. The molecule has 0 spiro atoms. The molecule has 3 N–H and O–H groups in total. The minimum atomic E-state index is -0.796. The van der Waals surface area contributed by atoms with Crippen LogP contribution in [0.1, 0.15) is 38.8 Å². The van der Waals surface area contributed by atoms with Crippen LogP contribution in [0.25, 0.3) is 0 Å². The highest BCUT2D eigenvalue weighted by atomic mass is 16.5. The Morgan fingerprint density at radius 3 is 2.19 bits per heavy atom. The standard InChI is InChI=1S/C25H25N3O4/c1-16-7-6-9-20(15-16)24(30)26-21-13-11-19(12-14-21)25(31)28-27-23(29)18(3)32-22-10-5-4-8-17(22)2/h4-15,18H,1-3H3,(H,26,30)(H,27,29)(H,28,31). The number of amides is 3. The van der Waals surface area contributed by atoms with E-state index in [9.17, 15) is 14.4 Å². The maximum atomic E-state index is 12.3. The molecule has 3 aromatic rings. The van der Waals surface area contributed by atoms with Crippen LogP contribution in [0.15, 0.2) is 72.8 Å². The molecular formula is C25H25N3O4. The molecule has 7 heteroatoms. The summed E-state index contributed by atoms with van der Waals surface area (Å²) in [4.78, 5) is 36.9. The van der Waals surface area contributed by atoms with Crippen molar-refractivity contribution in [2.24, 2.45) is 0 Å². The van der Waals surface area contributed by atoms with Gasteiger partial charge < -0.3 is 10.1 Å². The zero-order valence-electron chi connectivity index (χ0n) is 18.1. The zero-order valence-corrected chi connectivity index (χ0v) is 18.1. The Bertz CT molecular complexity index is 1130. The van der Waals surface area contributed by atoms with Gasteiger partial charge in [0.05, 0.1) is 0 Å². The van der Waals surface area contributed by atoms with Crippen LogP contribution >= 0.6 is 0 Å². The van der Waals surface area contributed by atoms with Crippen molar-refractivity contribution in [2.45, 2.75) is 26.9 Å². The summed E-state index contributed by atoms with van der Waals surface area (Å²) in [6, 6.07) is 21.0. The molecule has 164 valence electrons. The minimum absolute atomic E-state index is 0.235. The second kappa shape index (κ2) is 10.3. The van der Waals surface area contributed by atoms with E-state index in [1.165, 1.54) is 0 Å². The van der Waals surface area contributed by atoms with Gasteiger partial charge in [-0.15, -0.1) is 0 Å². The van der Waals surface area contributed by atoms with E-state index in [1.807, 2.05) is 44.2 Å². The lowest BCUT2D eigenvalue weighted by molar-refractivity contribution is -0.128. The summed E-state index contributed by atoms with van der Waals surface area (Å²) in [5.74, 6) is -0.604. The van der Waals surface area contributed by atoms with Crippen LogP contribution in [-0.4, -0.2) is 23.8 Å². The number of nitrogens with one attached hydrogen (secondary N) is 3. The highest BCUT2D eigenvalue weighted by Crippen LogP contribution is 2.17. The van der Waals surface area contributed by atoms with Crippen molar-refractivity contribution in [3.8, 4) is 5.75 Å². The molecule has 1 atom stereocenters. The molecule has 32 heavy (non-hydrogen) atoms. The van der Waals surface area contributed by atoms with Gasteiger partial charge in [0.1, 0.15) is 5.75 Å². The Morgan fingerprint density at radius 2 is 1.50 bits per heavy atom. The van der Waals surface area contributed by atoms with E-state index in [0.29, 0.717) is 22.6 Å². The number of anilines is 1. The third-order valence-electron chi connectivity index (χ3n) is 4.75. The number of carbonyl (C=O) groups is 3. The molecule has 0 saturated heterocycles. The number of carbonyl (C=O) groups excluding carboxylic acids is 3. The van der Waals surface area contributed by atoms with Crippen molar-refractivity contribution < 1.29 is 19.1 Å². The lowest BCUT2D eigenvalue weighted by Gasteiger charge is -2.16. The van der Waals surface area contributed by atoms with Crippen LogP contribution < -0.4 is 20.9 Å². The number of hydrogen-bond donors (Lipinski definition) is 3. The summed E-state index contributed by atoms with van der Waals surface area (Å²) in [7, 11) is 0. The number of benzene rings is 3. The SMILES string of the molecule is Cc1cccc(C(=O)Nc2ccc(C(=O)NNC(=O)C(C)Oc3ccccc3C)cc2)c1. The quantitative estimate of drug-likeness (QED) is 0.518. The van der Waals surface area contributed by atoms with Gasteiger partial charge in [0.15, 0.2) is 6.10 Å². The molecule has 0 aliphatic heterocycles. The van der Waals surface area contributed by atoms with E-state index < -0.39 is 17.9 Å². The third kappa shape index (κ3) is 5.95. The number of hydrogen-bond acceptors (Lipinski definition) is 4. The van der Waals surface area contributed by atoms with Crippen molar-refractivity contribution in [3.05, 3.63) is 95.1 Å². The Hall–Kier alpha value is -4.13. The molecule has 3 aromatic carbocycles. The fourth-order valence-electron chi connectivity index (χ4n) is 2.92. The van der Waals surface area contributed by atoms with Crippen LogP contribution in [0.5, 0.6) is 5.75 Å². The Kier molecular flexibility index (Phi) is 7.23. The second-order valence-electron chi connectivity index (χ2n) is 7.37. The number of rotatable bonds is 6. The highest BCUT2D eigenvalue weighted by molar-refractivity contribution is 6.04. The van der Waals surface area contributed by atoms with E-state index in [-0.39, 0.29) is 5.91 Å². The molecule has 0 heterocycles. The van der Waals surface area contributed by atoms with Crippen molar-refractivity contribution in [1.82, 2.24) is 10.9 Å². The lowest BCUT2D eigenvalue weighted by Crippen LogP contribution is -2.47. The molecule has 0 radical (unpaired) electrons. The molecule has 0 aliphatic rings. The predicted molar refractivity (Wildman–Crippen MR) is 122 cm³/mol. The Labute approximate surface area is 186 Å². The summed E-state index contributed by atoms with van der Waals surface area (Å²) in [6.45, 7) is 5.40. The summed E-state index contributed by atoms with van der Waals surface area (Å²) in [6.07, 6.45) is -0.796. The summed E-state index contributed by atoms with van der Waals surface area (Å²) in [5.41, 5.74) is 8.06. The molecule has 0 bridgehead atoms. The third-order valence-corrected chi connectivity index (χ3v) is 4.75. The van der Waals surface area contributed by atoms with Gasteiger partial charge in [-0.2, -0.15) is 0 Å². The molecule has 3 rings (SSSR count). The number of aryl methyl sites for hydroxylation is 2. The van der Waals surface area contributed by atoms with Gasteiger partial charge in [0, 0.05) is 16.8 Å². The van der Waals surface area contributed by atoms with Crippen molar-refractivity contribution in [3.63, 3.8) is 0 Å². The first-order valence-electron chi connectivity index (χ1n) is 10.1. The Morgan fingerprint density at radius 1 is 0.781 bits per heavy atom. The van der Waals surface area contributed by atoms with E-state index in [4.69, 9.17) is 4.74 Å². The maximum absolute atomic E-state index is 12.3. The smallest absolute Gasteiger partial charge is 0.279 e. The largest absolute Gasteiger partial charge is 0.481 e. The molecule has 0 saturated carbocycles. The van der Waals surface area contributed by atoms with Crippen molar-refractivity contribution in [1.29, 1.82) is 0 Å².